The summed E-state index contributed by atoms with van der Waals surface area (Å²) in [6.45, 7) is 5.33. The lowest BCUT2D eigenvalue weighted by Gasteiger charge is -2.45. The minimum absolute atomic E-state index is 0.0369. The Kier molecular flexibility index (Phi) is 6.45. The third-order valence-electron chi connectivity index (χ3n) is 5.68. The van der Waals surface area contributed by atoms with Crippen LogP contribution in [0.2, 0.25) is 0 Å². The van der Waals surface area contributed by atoms with Crippen molar-refractivity contribution >= 4 is 11.9 Å². The van der Waals surface area contributed by atoms with Gasteiger partial charge in [-0.15, -0.1) is 0 Å². The van der Waals surface area contributed by atoms with Gasteiger partial charge in [0.25, 0.3) is 0 Å². The number of carboxylic acids is 2. The topological polar surface area (TPSA) is 83.8 Å². The molecule has 1 aliphatic rings. The van der Waals surface area contributed by atoms with E-state index >= 15 is 0 Å². The van der Waals surface area contributed by atoms with Gasteiger partial charge in [0, 0.05) is 13.7 Å². The summed E-state index contributed by atoms with van der Waals surface area (Å²) in [7, 11) is 1.72. The fourth-order valence-electron chi connectivity index (χ4n) is 4.50. The van der Waals surface area contributed by atoms with E-state index in [1.807, 2.05) is 0 Å². The minimum atomic E-state index is -1.10. The molecule has 0 amide bonds. The maximum absolute atomic E-state index is 11.3. The Morgan fingerprint density at radius 3 is 2.15 bits per heavy atom. The first-order valence-corrected chi connectivity index (χ1v) is 9.26. The number of methoxy groups -OCH3 is 1. The first-order valence-electron chi connectivity index (χ1n) is 9.26. The molecular weight excluding hydrogens is 332 g/mol. The van der Waals surface area contributed by atoms with Crippen LogP contribution >= 0.6 is 0 Å². The van der Waals surface area contributed by atoms with Crippen LogP contribution in [0.4, 0.5) is 0 Å². The number of benzene rings is 1. The van der Waals surface area contributed by atoms with Crippen LogP contribution < -0.4 is 0 Å². The predicted octanol–water partition coefficient (Wildman–Crippen LogP) is 4.64. The first kappa shape index (κ1) is 20.4. The van der Waals surface area contributed by atoms with Crippen LogP contribution in [0.15, 0.2) is 18.2 Å². The molecule has 0 aliphatic heterocycles. The molecule has 0 radical (unpaired) electrons. The molecule has 1 aromatic carbocycles. The summed E-state index contributed by atoms with van der Waals surface area (Å²) in [5.41, 5.74) is 1.31. The minimum Gasteiger partial charge on any atom is -0.478 e. The Bertz CT molecular complexity index is 632. The first-order chi connectivity index (χ1) is 12.2. The summed E-state index contributed by atoms with van der Waals surface area (Å²) in [6, 6.07) is 4.43. The van der Waals surface area contributed by atoms with Gasteiger partial charge >= 0.3 is 11.9 Å². The molecule has 2 N–H and O–H groups in total. The fraction of sp³-hybridized carbons (Fsp3) is 0.619. The SMILES string of the molecule is COCCC1(CCc2cc(C(=O)O)cc(C(=O)O)c2)CCCC(C)(C)C1. The molecule has 0 heterocycles. The molecule has 0 aromatic heterocycles. The molecule has 0 saturated heterocycles. The summed E-state index contributed by atoms with van der Waals surface area (Å²) in [5, 5.41) is 18.5. The molecule has 2 rings (SSSR count). The predicted molar refractivity (Wildman–Crippen MR) is 99.9 cm³/mol. The van der Waals surface area contributed by atoms with Gasteiger partial charge in [0.05, 0.1) is 11.1 Å². The van der Waals surface area contributed by atoms with Crippen LogP contribution in [0.1, 0.15) is 78.7 Å². The smallest absolute Gasteiger partial charge is 0.335 e. The Hall–Kier alpha value is -1.88. The van der Waals surface area contributed by atoms with E-state index in [0.717, 1.165) is 31.2 Å². The van der Waals surface area contributed by atoms with Crippen molar-refractivity contribution in [2.24, 2.45) is 10.8 Å². The lowest BCUT2D eigenvalue weighted by Crippen LogP contribution is -2.34. The Balaban J connectivity index is 2.22. The van der Waals surface area contributed by atoms with E-state index in [-0.39, 0.29) is 16.5 Å². The Labute approximate surface area is 155 Å². The van der Waals surface area contributed by atoms with E-state index in [4.69, 9.17) is 4.74 Å². The number of hydrogen-bond acceptors (Lipinski definition) is 3. The fourth-order valence-corrected chi connectivity index (χ4v) is 4.50. The van der Waals surface area contributed by atoms with Crippen LogP contribution in [-0.2, 0) is 11.2 Å². The second kappa shape index (κ2) is 8.21. The summed E-state index contributed by atoms with van der Waals surface area (Å²) >= 11 is 0. The molecule has 5 heteroatoms. The van der Waals surface area contributed by atoms with Crippen molar-refractivity contribution in [1.82, 2.24) is 0 Å². The van der Waals surface area contributed by atoms with Crippen LogP contribution in [0, 0.1) is 10.8 Å². The van der Waals surface area contributed by atoms with E-state index in [2.05, 4.69) is 13.8 Å². The van der Waals surface area contributed by atoms with Crippen molar-refractivity contribution < 1.29 is 24.5 Å². The molecule has 1 fully saturated rings. The summed E-state index contributed by atoms with van der Waals surface area (Å²) in [4.78, 5) is 22.6. The maximum Gasteiger partial charge on any atom is 0.335 e. The van der Waals surface area contributed by atoms with Crippen molar-refractivity contribution in [1.29, 1.82) is 0 Å². The summed E-state index contributed by atoms with van der Waals surface area (Å²) in [6.07, 6.45) is 7.25. The molecule has 1 aromatic rings. The van der Waals surface area contributed by atoms with Crippen molar-refractivity contribution in [2.75, 3.05) is 13.7 Å². The Morgan fingerprint density at radius 2 is 1.65 bits per heavy atom. The van der Waals surface area contributed by atoms with Gasteiger partial charge in [-0.25, -0.2) is 9.59 Å². The lowest BCUT2D eigenvalue weighted by atomic mass is 9.60. The number of rotatable bonds is 8. The third kappa shape index (κ3) is 5.31. The lowest BCUT2D eigenvalue weighted by molar-refractivity contribution is 0.0397. The third-order valence-corrected chi connectivity index (χ3v) is 5.68. The highest BCUT2D eigenvalue weighted by molar-refractivity contribution is 5.94. The number of aromatic carboxylic acids is 2. The highest BCUT2D eigenvalue weighted by Crippen LogP contribution is 2.50. The van der Waals surface area contributed by atoms with Crippen molar-refractivity contribution in [3.05, 3.63) is 34.9 Å². The van der Waals surface area contributed by atoms with Crippen molar-refractivity contribution in [3.8, 4) is 0 Å². The van der Waals surface area contributed by atoms with Crippen molar-refractivity contribution in [3.63, 3.8) is 0 Å². The number of carbonyl (C=O) groups is 2. The van der Waals surface area contributed by atoms with Crippen LogP contribution in [-0.4, -0.2) is 35.9 Å². The standard InChI is InChI=1S/C21H30O5/c1-20(2)6-4-7-21(14-20,9-10-26-3)8-5-15-11-16(18(22)23)13-17(12-15)19(24)25/h11-13H,4-10,14H2,1-3H3,(H,22,23)(H,24,25). The quantitative estimate of drug-likeness (QED) is 0.704. The van der Waals surface area contributed by atoms with Gasteiger partial charge in [0.15, 0.2) is 0 Å². The zero-order valence-corrected chi connectivity index (χ0v) is 16.0. The highest BCUT2D eigenvalue weighted by Gasteiger charge is 2.39. The summed E-state index contributed by atoms with van der Waals surface area (Å²) < 4.78 is 5.34. The van der Waals surface area contributed by atoms with Crippen molar-refractivity contribution in [2.45, 2.75) is 58.8 Å². The van der Waals surface area contributed by atoms with Crippen LogP contribution in [0.3, 0.4) is 0 Å². The molecule has 144 valence electrons. The Morgan fingerprint density at radius 1 is 1.04 bits per heavy atom. The van der Waals surface area contributed by atoms with E-state index < -0.39 is 11.9 Å². The number of ether oxygens (including phenoxy) is 1. The van der Waals surface area contributed by atoms with Crippen LogP contribution in [0.25, 0.3) is 0 Å². The van der Waals surface area contributed by atoms with Crippen LogP contribution in [0.5, 0.6) is 0 Å². The largest absolute Gasteiger partial charge is 0.478 e. The molecule has 1 unspecified atom stereocenters. The molecule has 0 bridgehead atoms. The zero-order valence-electron chi connectivity index (χ0n) is 16.0. The zero-order chi connectivity index (χ0) is 19.4. The normalized spacial score (nSPS) is 22.1. The second-order valence-electron chi connectivity index (χ2n) is 8.47. The number of hydrogen-bond donors (Lipinski definition) is 2. The molecule has 5 nitrogen and oxygen atoms in total. The number of carboxylic acid groups (broad SMARTS) is 2. The summed E-state index contributed by atoms with van der Waals surface area (Å²) in [5.74, 6) is -2.19. The van der Waals surface area contributed by atoms with Gasteiger partial charge < -0.3 is 14.9 Å². The van der Waals surface area contributed by atoms with E-state index in [1.165, 1.54) is 18.9 Å². The molecule has 1 atom stereocenters. The number of aryl methyl sites for hydroxylation is 1. The molecule has 1 saturated carbocycles. The van der Waals surface area contributed by atoms with E-state index in [1.54, 1.807) is 19.2 Å². The molecule has 26 heavy (non-hydrogen) atoms. The monoisotopic (exact) mass is 362 g/mol. The van der Waals surface area contributed by atoms with Gasteiger partial charge in [0.1, 0.15) is 0 Å². The van der Waals surface area contributed by atoms with E-state index in [0.29, 0.717) is 18.4 Å². The molecule has 0 spiro atoms. The van der Waals surface area contributed by atoms with Gasteiger partial charge in [-0.3, -0.25) is 0 Å². The average molecular weight is 362 g/mol. The molecule has 1 aliphatic carbocycles. The average Bonchev–Trinajstić information content (AvgIpc) is 2.57. The van der Waals surface area contributed by atoms with Gasteiger partial charge in [-0.2, -0.15) is 0 Å². The van der Waals surface area contributed by atoms with Gasteiger partial charge in [-0.05, 0) is 73.1 Å². The highest BCUT2D eigenvalue weighted by atomic mass is 16.5. The molecular formula is C21H30O5. The second-order valence-corrected chi connectivity index (χ2v) is 8.47. The van der Waals surface area contributed by atoms with E-state index in [9.17, 15) is 19.8 Å². The van der Waals surface area contributed by atoms with Gasteiger partial charge in [0.2, 0.25) is 0 Å². The maximum atomic E-state index is 11.3. The van der Waals surface area contributed by atoms with Gasteiger partial charge in [-0.1, -0.05) is 20.3 Å².